The van der Waals surface area contributed by atoms with Crippen LogP contribution >= 0.6 is 0 Å². The van der Waals surface area contributed by atoms with Crippen LogP contribution in [0, 0.1) is 0 Å². The van der Waals surface area contributed by atoms with Gasteiger partial charge in [-0.1, -0.05) is 78.9 Å². The topological polar surface area (TPSA) is 30.5 Å². The van der Waals surface area contributed by atoms with Gasteiger partial charge < -0.3 is 20.4 Å². The van der Waals surface area contributed by atoms with Crippen LogP contribution < -0.4 is 20.4 Å². The largest absolute Gasteiger partial charge is 0.355 e. The van der Waals surface area contributed by atoms with Crippen molar-refractivity contribution in [3.8, 4) is 0 Å². The Morgan fingerprint density at radius 1 is 0.239 bits per heavy atom. The van der Waals surface area contributed by atoms with Crippen LogP contribution in [0.4, 0.5) is 56.9 Å². The zero-order valence-electron chi connectivity index (χ0n) is 25.4. The van der Waals surface area contributed by atoms with Crippen molar-refractivity contribution in [1.82, 2.24) is 0 Å². The Labute approximate surface area is 270 Å². The van der Waals surface area contributed by atoms with Crippen molar-refractivity contribution in [1.29, 1.82) is 0 Å². The number of rotatable bonds is 10. The highest BCUT2D eigenvalue weighted by molar-refractivity contribution is 5.79. The van der Waals surface area contributed by atoms with Gasteiger partial charge in [-0.3, -0.25) is 0 Å². The summed E-state index contributed by atoms with van der Waals surface area (Å²) in [6, 6.07) is 67.3. The summed E-state index contributed by atoms with van der Waals surface area (Å²) >= 11 is 0. The number of para-hydroxylation sites is 4. The molecule has 0 radical (unpaired) electrons. The third-order valence-corrected chi connectivity index (χ3v) is 7.75. The molecule has 7 aromatic rings. The molecule has 0 saturated carbocycles. The van der Waals surface area contributed by atoms with Gasteiger partial charge in [-0.05, 0) is 115 Å². The maximum absolute atomic E-state index is 3.57. The van der Waals surface area contributed by atoms with Crippen LogP contribution in [0.15, 0.2) is 194 Å². The molecule has 0 spiro atoms. The molecule has 0 fully saturated rings. The van der Waals surface area contributed by atoms with Crippen LogP contribution in [-0.2, 0) is 0 Å². The summed E-state index contributed by atoms with van der Waals surface area (Å²) in [6.45, 7) is 0. The second-order valence-electron chi connectivity index (χ2n) is 10.9. The highest BCUT2D eigenvalue weighted by Crippen LogP contribution is 2.36. The minimum atomic E-state index is 1.01. The van der Waals surface area contributed by atoms with Gasteiger partial charge in [-0.2, -0.15) is 0 Å². The molecular formula is C42H34N4. The SMILES string of the molecule is c1ccc(N(c2ccccc2)c2ccc(Nc3cccc(Nc4ccc(N(c5ccccc5)c5ccccc5)cc4)c3)cc2)cc1. The molecule has 0 aliphatic carbocycles. The Morgan fingerprint density at radius 2 is 0.522 bits per heavy atom. The Hall–Kier alpha value is -6.26. The van der Waals surface area contributed by atoms with Crippen LogP contribution in [0.1, 0.15) is 0 Å². The molecule has 0 heterocycles. The van der Waals surface area contributed by atoms with Gasteiger partial charge in [0.05, 0.1) is 0 Å². The second kappa shape index (κ2) is 13.6. The number of benzene rings is 7. The van der Waals surface area contributed by atoms with Gasteiger partial charge in [0.2, 0.25) is 0 Å². The molecule has 4 heteroatoms. The summed E-state index contributed by atoms with van der Waals surface area (Å²) in [5.41, 5.74) is 10.7. The number of nitrogens with one attached hydrogen (secondary N) is 2. The number of nitrogens with zero attached hydrogens (tertiary/aromatic N) is 2. The summed E-state index contributed by atoms with van der Waals surface area (Å²) in [7, 11) is 0. The molecule has 7 rings (SSSR count). The lowest BCUT2D eigenvalue weighted by atomic mass is 10.1. The molecule has 46 heavy (non-hydrogen) atoms. The van der Waals surface area contributed by atoms with Gasteiger partial charge in [0.25, 0.3) is 0 Å². The van der Waals surface area contributed by atoms with E-state index >= 15 is 0 Å². The number of hydrogen-bond donors (Lipinski definition) is 2. The number of hydrogen-bond acceptors (Lipinski definition) is 4. The van der Waals surface area contributed by atoms with Crippen LogP contribution in [0.5, 0.6) is 0 Å². The van der Waals surface area contributed by atoms with E-state index in [2.05, 4.69) is 190 Å². The van der Waals surface area contributed by atoms with E-state index < -0.39 is 0 Å². The van der Waals surface area contributed by atoms with Crippen molar-refractivity contribution in [2.24, 2.45) is 0 Å². The van der Waals surface area contributed by atoms with E-state index in [1.54, 1.807) is 0 Å². The van der Waals surface area contributed by atoms with E-state index in [9.17, 15) is 0 Å². The van der Waals surface area contributed by atoms with Gasteiger partial charge in [0, 0.05) is 56.9 Å². The van der Waals surface area contributed by atoms with Gasteiger partial charge in [0.1, 0.15) is 0 Å². The summed E-state index contributed by atoms with van der Waals surface area (Å²) < 4.78 is 0. The first-order valence-electron chi connectivity index (χ1n) is 15.4. The third-order valence-electron chi connectivity index (χ3n) is 7.75. The lowest BCUT2D eigenvalue weighted by Crippen LogP contribution is -2.09. The summed E-state index contributed by atoms with van der Waals surface area (Å²) in [5, 5.41) is 7.14. The van der Waals surface area contributed by atoms with Gasteiger partial charge >= 0.3 is 0 Å². The van der Waals surface area contributed by atoms with E-state index in [-0.39, 0.29) is 0 Å². The predicted molar refractivity (Wildman–Crippen MR) is 195 cm³/mol. The molecule has 0 bridgehead atoms. The highest BCUT2D eigenvalue weighted by atomic mass is 15.1. The fraction of sp³-hybridized carbons (Fsp3) is 0. The first-order chi connectivity index (χ1) is 22.8. The van der Waals surface area contributed by atoms with Crippen molar-refractivity contribution < 1.29 is 0 Å². The molecule has 4 nitrogen and oxygen atoms in total. The molecule has 0 unspecified atom stereocenters. The quantitative estimate of drug-likeness (QED) is 0.165. The first kappa shape index (κ1) is 28.5. The average molecular weight is 595 g/mol. The minimum Gasteiger partial charge on any atom is -0.355 e. The van der Waals surface area contributed by atoms with Gasteiger partial charge in [-0.25, -0.2) is 0 Å². The molecule has 2 N–H and O–H groups in total. The van der Waals surface area contributed by atoms with Crippen molar-refractivity contribution in [3.63, 3.8) is 0 Å². The predicted octanol–water partition coefficient (Wildman–Crippen LogP) is 12.1. The molecule has 7 aromatic carbocycles. The summed E-state index contributed by atoms with van der Waals surface area (Å²) in [6.07, 6.45) is 0. The molecular weight excluding hydrogens is 560 g/mol. The fourth-order valence-corrected chi connectivity index (χ4v) is 5.60. The Bertz CT molecular complexity index is 1740. The van der Waals surface area contributed by atoms with Crippen molar-refractivity contribution in [2.75, 3.05) is 20.4 Å². The standard InChI is InChI=1S/C42H34N4/c1-5-16-37(17-6-1)45(38-18-7-2-8-19-38)41-28-24-33(25-29-41)43-35-14-13-15-36(32-35)44-34-26-30-42(31-27-34)46(39-20-9-3-10-21-39)40-22-11-4-12-23-40/h1-32,43-44H. The molecule has 0 aliphatic rings. The van der Waals surface area contributed by atoms with E-state index in [0.29, 0.717) is 0 Å². The average Bonchev–Trinajstić information content (AvgIpc) is 3.12. The zero-order valence-corrected chi connectivity index (χ0v) is 25.4. The van der Waals surface area contributed by atoms with E-state index in [4.69, 9.17) is 0 Å². The Morgan fingerprint density at radius 3 is 0.826 bits per heavy atom. The molecule has 0 amide bonds. The maximum Gasteiger partial charge on any atom is 0.0463 e. The van der Waals surface area contributed by atoms with Crippen LogP contribution in [-0.4, -0.2) is 0 Å². The fourth-order valence-electron chi connectivity index (χ4n) is 5.60. The van der Waals surface area contributed by atoms with Gasteiger partial charge in [-0.15, -0.1) is 0 Å². The smallest absolute Gasteiger partial charge is 0.0463 e. The van der Waals surface area contributed by atoms with Crippen LogP contribution in [0.3, 0.4) is 0 Å². The minimum absolute atomic E-state index is 1.01. The molecule has 0 aliphatic heterocycles. The normalized spacial score (nSPS) is 10.6. The Kier molecular flexibility index (Phi) is 8.42. The first-order valence-corrected chi connectivity index (χ1v) is 15.4. The molecule has 0 atom stereocenters. The lowest BCUT2D eigenvalue weighted by Gasteiger charge is -2.25. The second-order valence-corrected chi connectivity index (χ2v) is 10.9. The molecule has 0 aromatic heterocycles. The van der Waals surface area contributed by atoms with Crippen LogP contribution in [0.2, 0.25) is 0 Å². The van der Waals surface area contributed by atoms with E-state index in [1.165, 1.54) is 0 Å². The lowest BCUT2D eigenvalue weighted by molar-refractivity contribution is 1.28. The van der Waals surface area contributed by atoms with Crippen molar-refractivity contribution >= 4 is 56.9 Å². The van der Waals surface area contributed by atoms with Crippen LogP contribution in [0.25, 0.3) is 0 Å². The highest BCUT2D eigenvalue weighted by Gasteiger charge is 2.13. The number of anilines is 10. The monoisotopic (exact) mass is 594 g/mol. The van der Waals surface area contributed by atoms with Crippen molar-refractivity contribution in [3.05, 3.63) is 194 Å². The van der Waals surface area contributed by atoms with E-state index in [1.807, 2.05) is 24.3 Å². The van der Waals surface area contributed by atoms with E-state index in [0.717, 1.165) is 56.9 Å². The summed E-state index contributed by atoms with van der Waals surface area (Å²) in [5.74, 6) is 0. The maximum atomic E-state index is 3.57. The zero-order chi connectivity index (χ0) is 31.0. The molecule has 0 saturated heterocycles. The third kappa shape index (κ3) is 6.62. The molecule has 222 valence electrons. The van der Waals surface area contributed by atoms with Crippen molar-refractivity contribution in [2.45, 2.75) is 0 Å². The Balaban J connectivity index is 1.06. The van der Waals surface area contributed by atoms with Gasteiger partial charge in [0.15, 0.2) is 0 Å². The summed E-state index contributed by atoms with van der Waals surface area (Å²) in [4.78, 5) is 4.52.